The summed E-state index contributed by atoms with van der Waals surface area (Å²) in [5, 5.41) is 6.31. The first-order chi connectivity index (χ1) is 16.4. The lowest BCUT2D eigenvalue weighted by Crippen LogP contribution is -2.20. The molecule has 0 bridgehead atoms. The van der Waals surface area contributed by atoms with Crippen molar-refractivity contribution in [3.63, 3.8) is 0 Å². The number of carbonyl (C=O) groups excluding carboxylic acids is 3. The summed E-state index contributed by atoms with van der Waals surface area (Å²) in [6.45, 7) is 7.22. The molecule has 1 aromatic carbocycles. The third kappa shape index (κ3) is 7.02. The molecule has 182 valence electrons. The van der Waals surface area contributed by atoms with Crippen LogP contribution in [-0.2, 0) is 25.6 Å². The molecule has 0 aliphatic carbocycles. The van der Waals surface area contributed by atoms with Gasteiger partial charge in [-0.2, -0.15) is 4.99 Å². The molecule has 0 radical (unpaired) electrons. The number of ether oxygens (including phenoxy) is 2. The lowest BCUT2D eigenvalue weighted by atomic mass is 10.2. The summed E-state index contributed by atoms with van der Waals surface area (Å²) in [5.41, 5.74) is 1.29. The number of rotatable bonds is 11. The van der Waals surface area contributed by atoms with E-state index in [1.165, 1.54) is 11.3 Å². The molecule has 2 aromatic heterocycles. The number of hydrogen-bond acceptors (Lipinski definition) is 9. The van der Waals surface area contributed by atoms with Crippen LogP contribution in [0.3, 0.4) is 0 Å². The summed E-state index contributed by atoms with van der Waals surface area (Å²) in [4.78, 5) is 41.4. The number of carbonyl (C=O) groups is 3. The summed E-state index contributed by atoms with van der Waals surface area (Å²) >= 11 is 2.47. The van der Waals surface area contributed by atoms with Crippen LogP contribution in [0.15, 0.2) is 33.8 Å². The first-order valence-corrected chi connectivity index (χ1v) is 12.6. The van der Waals surface area contributed by atoms with Gasteiger partial charge in [-0.1, -0.05) is 16.5 Å². The van der Waals surface area contributed by atoms with Crippen molar-refractivity contribution in [2.24, 2.45) is 4.99 Å². The standard InChI is InChI=1S/C22H26N4O6S2/c1-4-30-9-8-26-16-7-6-15(21(29)31-5-2)11-17(16)34-22(26)24-20(28)13-33-12-19(27)23-18-10-14(3)32-25-18/h6-7,10-11H,4-5,8-9,12-13H2,1-3H3,(H,23,25,27). The summed E-state index contributed by atoms with van der Waals surface area (Å²) < 4.78 is 18.2. The number of aryl methyl sites for hydroxylation is 1. The Hall–Kier alpha value is -2.96. The largest absolute Gasteiger partial charge is 0.462 e. The topological polar surface area (TPSA) is 125 Å². The third-order valence-corrected chi connectivity index (χ3v) is 6.39. The Balaban J connectivity index is 1.72. The van der Waals surface area contributed by atoms with Gasteiger partial charge in [0.2, 0.25) is 5.91 Å². The fourth-order valence-electron chi connectivity index (χ4n) is 2.99. The van der Waals surface area contributed by atoms with Gasteiger partial charge >= 0.3 is 5.97 Å². The zero-order valence-electron chi connectivity index (χ0n) is 19.2. The normalized spacial score (nSPS) is 11.7. The number of fused-ring (bicyclic) bond motifs is 1. The molecular weight excluding hydrogens is 480 g/mol. The van der Waals surface area contributed by atoms with Crippen molar-refractivity contribution in [3.8, 4) is 0 Å². The van der Waals surface area contributed by atoms with E-state index in [0.717, 1.165) is 22.0 Å². The van der Waals surface area contributed by atoms with Gasteiger partial charge in [-0.05, 0) is 39.0 Å². The van der Waals surface area contributed by atoms with Gasteiger partial charge in [-0.25, -0.2) is 4.79 Å². The minimum absolute atomic E-state index is 0.0407. The van der Waals surface area contributed by atoms with E-state index in [0.29, 0.717) is 48.3 Å². The smallest absolute Gasteiger partial charge is 0.338 e. The number of thioether (sulfide) groups is 1. The van der Waals surface area contributed by atoms with E-state index >= 15 is 0 Å². The van der Waals surface area contributed by atoms with Crippen LogP contribution in [0.4, 0.5) is 5.82 Å². The molecule has 1 N–H and O–H groups in total. The lowest BCUT2D eigenvalue weighted by Gasteiger charge is -2.06. The highest BCUT2D eigenvalue weighted by atomic mass is 32.2. The molecule has 0 aliphatic rings. The van der Waals surface area contributed by atoms with Gasteiger partial charge in [0, 0.05) is 19.2 Å². The number of aromatic nitrogens is 2. The SMILES string of the molecule is CCOCCn1c(=NC(=O)CSCC(=O)Nc2cc(C)on2)sc2cc(C(=O)OCC)ccc21. The highest BCUT2D eigenvalue weighted by Crippen LogP contribution is 2.20. The molecule has 0 spiro atoms. The Morgan fingerprint density at radius 2 is 2.03 bits per heavy atom. The second kappa shape index (κ2) is 12.5. The molecule has 2 amide bonds. The summed E-state index contributed by atoms with van der Waals surface area (Å²) in [6.07, 6.45) is 0. The molecule has 0 unspecified atom stereocenters. The monoisotopic (exact) mass is 506 g/mol. The molecule has 12 heteroatoms. The van der Waals surface area contributed by atoms with Crippen LogP contribution in [0.1, 0.15) is 30.0 Å². The van der Waals surface area contributed by atoms with Crippen LogP contribution in [0.2, 0.25) is 0 Å². The van der Waals surface area contributed by atoms with Crippen LogP contribution in [-0.4, -0.2) is 58.8 Å². The summed E-state index contributed by atoms with van der Waals surface area (Å²) in [5.74, 6) is -0.00664. The van der Waals surface area contributed by atoms with Gasteiger partial charge < -0.3 is 23.9 Å². The maximum absolute atomic E-state index is 12.5. The van der Waals surface area contributed by atoms with Gasteiger partial charge in [-0.3, -0.25) is 9.59 Å². The van der Waals surface area contributed by atoms with Crippen molar-refractivity contribution in [1.82, 2.24) is 9.72 Å². The van der Waals surface area contributed by atoms with E-state index in [1.807, 2.05) is 17.6 Å². The first-order valence-electron chi connectivity index (χ1n) is 10.7. The van der Waals surface area contributed by atoms with E-state index < -0.39 is 5.97 Å². The predicted octanol–water partition coefficient (Wildman–Crippen LogP) is 3.01. The quantitative estimate of drug-likeness (QED) is 0.311. The van der Waals surface area contributed by atoms with E-state index in [9.17, 15) is 14.4 Å². The second-order valence-electron chi connectivity index (χ2n) is 7.01. The lowest BCUT2D eigenvalue weighted by molar-refractivity contribution is -0.115. The van der Waals surface area contributed by atoms with Crippen LogP contribution in [0.25, 0.3) is 10.2 Å². The van der Waals surface area contributed by atoms with Gasteiger partial charge in [0.25, 0.3) is 5.91 Å². The van der Waals surface area contributed by atoms with Gasteiger partial charge in [0.15, 0.2) is 10.6 Å². The molecule has 0 saturated carbocycles. The van der Waals surface area contributed by atoms with E-state index in [-0.39, 0.29) is 23.3 Å². The molecule has 3 rings (SSSR count). The second-order valence-corrected chi connectivity index (χ2v) is 9.00. The molecule has 34 heavy (non-hydrogen) atoms. The average Bonchev–Trinajstić information content (AvgIpc) is 3.36. The Kier molecular flexibility index (Phi) is 9.42. The maximum Gasteiger partial charge on any atom is 0.338 e. The highest BCUT2D eigenvalue weighted by Gasteiger charge is 2.13. The highest BCUT2D eigenvalue weighted by molar-refractivity contribution is 8.00. The maximum atomic E-state index is 12.5. The van der Waals surface area contributed by atoms with Crippen molar-refractivity contribution >= 4 is 56.9 Å². The van der Waals surface area contributed by atoms with Gasteiger partial charge in [0.05, 0.1) is 40.5 Å². The molecule has 3 aromatic rings. The van der Waals surface area contributed by atoms with E-state index in [2.05, 4.69) is 15.5 Å². The Bertz CT molecular complexity index is 1230. The van der Waals surface area contributed by atoms with Crippen molar-refractivity contribution in [3.05, 3.63) is 40.4 Å². The molecule has 0 atom stereocenters. The van der Waals surface area contributed by atoms with Crippen LogP contribution in [0.5, 0.6) is 0 Å². The van der Waals surface area contributed by atoms with Crippen LogP contribution >= 0.6 is 23.1 Å². The average molecular weight is 507 g/mol. The zero-order valence-corrected chi connectivity index (χ0v) is 20.8. The number of thiazole rings is 1. The zero-order chi connectivity index (χ0) is 24.5. The number of anilines is 1. The Labute approximate surface area is 204 Å². The number of hydrogen-bond donors (Lipinski definition) is 1. The third-order valence-electron chi connectivity index (χ3n) is 4.43. The van der Waals surface area contributed by atoms with Crippen LogP contribution < -0.4 is 10.1 Å². The van der Waals surface area contributed by atoms with Gasteiger partial charge in [0.1, 0.15) is 5.76 Å². The minimum Gasteiger partial charge on any atom is -0.462 e. The molecule has 2 heterocycles. The fourth-order valence-corrected chi connectivity index (χ4v) is 4.70. The molecule has 10 nitrogen and oxygen atoms in total. The van der Waals surface area contributed by atoms with Crippen molar-refractivity contribution in [2.45, 2.75) is 27.3 Å². The van der Waals surface area contributed by atoms with Crippen LogP contribution in [0, 0.1) is 6.92 Å². The van der Waals surface area contributed by atoms with Crippen molar-refractivity contribution < 1.29 is 28.4 Å². The number of amides is 2. The summed E-state index contributed by atoms with van der Waals surface area (Å²) in [6, 6.07) is 6.86. The Morgan fingerprint density at radius 3 is 2.74 bits per heavy atom. The minimum atomic E-state index is -0.399. The van der Waals surface area contributed by atoms with E-state index in [1.54, 1.807) is 32.0 Å². The van der Waals surface area contributed by atoms with Crippen molar-refractivity contribution in [2.75, 3.05) is 36.6 Å². The number of nitrogens with zero attached hydrogens (tertiary/aromatic N) is 3. The molecule has 0 aliphatic heterocycles. The molecule has 0 fully saturated rings. The number of benzene rings is 1. The predicted molar refractivity (Wildman–Crippen MR) is 130 cm³/mol. The fraction of sp³-hybridized carbons (Fsp3) is 0.409. The summed E-state index contributed by atoms with van der Waals surface area (Å²) in [7, 11) is 0. The van der Waals surface area contributed by atoms with Gasteiger partial charge in [-0.15, -0.1) is 11.8 Å². The number of nitrogens with one attached hydrogen (secondary N) is 1. The molecular formula is C22H26N4O6S2. The number of esters is 1. The van der Waals surface area contributed by atoms with Crippen molar-refractivity contribution in [1.29, 1.82) is 0 Å². The first kappa shape index (κ1) is 25.7. The molecule has 0 saturated heterocycles. The van der Waals surface area contributed by atoms with E-state index in [4.69, 9.17) is 14.0 Å². The Morgan fingerprint density at radius 1 is 1.21 bits per heavy atom.